The molecule has 0 aliphatic carbocycles. The Kier molecular flexibility index (Phi) is 4.88. The molecule has 0 fully saturated rings. The first-order valence-electron chi connectivity index (χ1n) is 7.34. The molecule has 6 nitrogen and oxygen atoms in total. The van der Waals surface area contributed by atoms with Gasteiger partial charge in [-0.3, -0.25) is 4.79 Å². The molecule has 0 radical (unpaired) electrons. The molecular formula is C15H20BNO5. The van der Waals surface area contributed by atoms with Gasteiger partial charge in [-0.15, -0.1) is 0 Å². The maximum atomic E-state index is 12.5. The molecule has 118 valence electrons. The summed E-state index contributed by atoms with van der Waals surface area (Å²) in [7, 11) is -1.03. The van der Waals surface area contributed by atoms with Crippen LogP contribution in [0.1, 0.15) is 42.3 Å². The van der Waals surface area contributed by atoms with E-state index >= 15 is 0 Å². The fourth-order valence-corrected chi connectivity index (χ4v) is 2.72. The Hall–Kier alpha value is -1.86. The smallest absolute Gasteiger partial charge is 0.480 e. The summed E-state index contributed by atoms with van der Waals surface area (Å²) in [5, 5.41) is 21.6. The van der Waals surface area contributed by atoms with E-state index in [2.05, 4.69) is 5.32 Å². The van der Waals surface area contributed by atoms with E-state index in [9.17, 15) is 19.7 Å². The lowest BCUT2D eigenvalue weighted by Gasteiger charge is -2.19. The largest absolute Gasteiger partial charge is 0.492 e. The topological polar surface area (TPSA) is 95.9 Å². The molecule has 1 atom stereocenters. The van der Waals surface area contributed by atoms with Crippen LogP contribution in [0.25, 0.3) is 0 Å². The van der Waals surface area contributed by atoms with Crippen LogP contribution < -0.4 is 10.8 Å². The van der Waals surface area contributed by atoms with Crippen molar-refractivity contribution in [3.8, 4) is 0 Å². The number of aliphatic carboxylic acids is 1. The second kappa shape index (κ2) is 6.50. The maximum Gasteiger partial charge on any atom is 0.492 e. The Bertz CT molecular complexity index is 602. The summed E-state index contributed by atoms with van der Waals surface area (Å²) in [6.45, 7) is 5.67. The summed E-state index contributed by atoms with van der Waals surface area (Å²) in [6.07, 6.45) is 0.547. The van der Waals surface area contributed by atoms with Gasteiger partial charge < -0.3 is 20.1 Å². The lowest BCUT2D eigenvalue weighted by atomic mass is 9.74. The number of carbonyl (C=O) groups is 2. The van der Waals surface area contributed by atoms with Crippen molar-refractivity contribution in [3.05, 3.63) is 28.8 Å². The van der Waals surface area contributed by atoms with Crippen molar-refractivity contribution in [2.24, 2.45) is 5.92 Å². The number of carboxylic acid groups (broad SMARTS) is 1. The average Bonchev–Trinajstić information content (AvgIpc) is 2.84. The Balaban J connectivity index is 2.35. The van der Waals surface area contributed by atoms with Gasteiger partial charge in [-0.2, -0.15) is 0 Å². The molecule has 0 spiro atoms. The molecular weight excluding hydrogens is 285 g/mol. The maximum absolute atomic E-state index is 12.5. The van der Waals surface area contributed by atoms with E-state index in [4.69, 9.17) is 4.65 Å². The summed E-state index contributed by atoms with van der Waals surface area (Å²) >= 11 is 0. The molecule has 0 saturated heterocycles. The van der Waals surface area contributed by atoms with Gasteiger partial charge in [0.25, 0.3) is 5.91 Å². The number of carboxylic acids is 1. The molecule has 22 heavy (non-hydrogen) atoms. The van der Waals surface area contributed by atoms with Crippen LogP contribution in [0.4, 0.5) is 0 Å². The first-order chi connectivity index (χ1) is 10.4. The van der Waals surface area contributed by atoms with E-state index in [-0.39, 0.29) is 5.92 Å². The molecule has 1 amide bonds. The van der Waals surface area contributed by atoms with E-state index < -0.39 is 25.0 Å². The minimum absolute atomic E-state index is 0.227. The molecule has 0 saturated carbocycles. The van der Waals surface area contributed by atoms with Gasteiger partial charge in [-0.05, 0) is 35.0 Å². The summed E-state index contributed by atoms with van der Waals surface area (Å²) in [6, 6.07) is 2.45. The van der Waals surface area contributed by atoms with Gasteiger partial charge in [0.1, 0.15) is 6.04 Å². The second-order valence-electron chi connectivity index (χ2n) is 5.71. The molecule has 1 heterocycles. The van der Waals surface area contributed by atoms with Crippen LogP contribution >= 0.6 is 0 Å². The number of rotatable bonds is 5. The Morgan fingerprint density at radius 2 is 2.09 bits per heavy atom. The van der Waals surface area contributed by atoms with Crippen LogP contribution in [-0.4, -0.2) is 35.2 Å². The van der Waals surface area contributed by atoms with Crippen molar-refractivity contribution in [1.29, 1.82) is 0 Å². The average molecular weight is 305 g/mol. The molecule has 2 rings (SSSR count). The fourth-order valence-electron chi connectivity index (χ4n) is 2.72. The van der Waals surface area contributed by atoms with Crippen molar-refractivity contribution in [1.82, 2.24) is 5.32 Å². The number of hydrogen-bond donors (Lipinski definition) is 3. The molecule has 3 N–H and O–H groups in total. The van der Waals surface area contributed by atoms with Gasteiger partial charge in [0.05, 0.1) is 6.61 Å². The minimum atomic E-state index is -1.06. The van der Waals surface area contributed by atoms with Crippen LogP contribution in [0.5, 0.6) is 0 Å². The van der Waals surface area contributed by atoms with Gasteiger partial charge in [0.15, 0.2) is 0 Å². The molecule has 1 aliphatic rings. The number of benzene rings is 1. The molecule has 7 heteroatoms. The van der Waals surface area contributed by atoms with Crippen LogP contribution in [0, 0.1) is 5.92 Å². The number of hydrogen-bond acceptors (Lipinski definition) is 4. The van der Waals surface area contributed by atoms with Crippen molar-refractivity contribution in [2.45, 2.75) is 39.8 Å². The normalized spacial score (nSPS) is 14.9. The van der Waals surface area contributed by atoms with E-state index in [0.29, 0.717) is 29.6 Å². The highest BCUT2D eigenvalue weighted by Gasteiger charge is 2.33. The highest BCUT2D eigenvalue weighted by atomic mass is 16.5. The van der Waals surface area contributed by atoms with Crippen LogP contribution in [-0.2, 0) is 22.5 Å². The van der Waals surface area contributed by atoms with E-state index in [1.165, 1.54) is 0 Å². The molecule has 1 aliphatic heterocycles. The fraction of sp³-hybridized carbons (Fsp3) is 0.467. The van der Waals surface area contributed by atoms with Crippen LogP contribution in [0.15, 0.2) is 12.1 Å². The molecule has 1 aromatic rings. The Labute approximate surface area is 129 Å². The second-order valence-corrected chi connectivity index (χ2v) is 5.71. The Morgan fingerprint density at radius 3 is 2.64 bits per heavy atom. The molecule has 0 unspecified atom stereocenters. The standard InChI is InChI=1S/C15H20BNO5/c1-4-10-11(6-5-9-7-22-16(21)12(9)10)14(18)17-13(8(2)3)15(19)20/h5-6,8,13,21H,4,7H2,1-3H3,(H,17,18)(H,19,20)/t13-/m0/s1. The summed E-state index contributed by atoms with van der Waals surface area (Å²) in [4.78, 5) is 23.7. The zero-order chi connectivity index (χ0) is 16.4. The van der Waals surface area contributed by atoms with Crippen molar-refractivity contribution in [2.75, 3.05) is 0 Å². The first kappa shape index (κ1) is 16.5. The monoisotopic (exact) mass is 305 g/mol. The van der Waals surface area contributed by atoms with Gasteiger partial charge >= 0.3 is 13.1 Å². The van der Waals surface area contributed by atoms with Crippen LogP contribution in [0.3, 0.4) is 0 Å². The third kappa shape index (κ3) is 3.00. The SMILES string of the molecule is CCc1c(C(=O)N[C@H](C(=O)O)C(C)C)ccc2c1B(O)OC2. The first-order valence-corrected chi connectivity index (χ1v) is 7.34. The summed E-state index contributed by atoms with van der Waals surface area (Å²) in [5.74, 6) is -1.74. The third-order valence-electron chi connectivity index (χ3n) is 3.91. The lowest BCUT2D eigenvalue weighted by Crippen LogP contribution is -2.45. The zero-order valence-electron chi connectivity index (χ0n) is 12.9. The lowest BCUT2D eigenvalue weighted by molar-refractivity contribution is -0.140. The van der Waals surface area contributed by atoms with E-state index in [0.717, 1.165) is 5.56 Å². The van der Waals surface area contributed by atoms with Gasteiger partial charge in [-0.1, -0.05) is 26.8 Å². The van der Waals surface area contributed by atoms with Crippen molar-refractivity contribution >= 4 is 24.5 Å². The molecule has 0 aromatic heterocycles. The van der Waals surface area contributed by atoms with Crippen LogP contribution in [0.2, 0.25) is 0 Å². The van der Waals surface area contributed by atoms with E-state index in [1.54, 1.807) is 26.0 Å². The molecule has 0 bridgehead atoms. The quantitative estimate of drug-likeness (QED) is 0.680. The van der Waals surface area contributed by atoms with Gasteiger partial charge in [-0.25, -0.2) is 4.79 Å². The van der Waals surface area contributed by atoms with Gasteiger partial charge in [0, 0.05) is 5.56 Å². The zero-order valence-corrected chi connectivity index (χ0v) is 12.9. The van der Waals surface area contributed by atoms with Gasteiger partial charge in [0.2, 0.25) is 0 Å². The van der Waals surface area contributed by atoms with Crippen molar-refractivity contribution < 1.29 is 24.4 Å². The molecule has 1 aromatic carbocycles. The number of amides is 1. The minimum Gasteiger partial charge on any atom is -0.480 e. The highest BCUT2D eigenvalue weighted by Crippen LogP contribution is 2.18. The predicted molar refractivity (Wildman–Crippen MR) is 81.9 cm³/mol. The number of nitrogens with one attached hydrogen (secondary N) is 1. The number of carbonyl (C=O) groups excluding carboxylic acids is 1. The highest BCUT2D eigenvalue weighted by molar-refractivity contribution is 6.62. The van der Waals surface area contributed by atoms with Crippen molar-refractivity contribution in [3.63, 3.8) is 0 Å². The Morgan fingerprint density at radius 1 is 1.41 bits per heavy atom. The number of fused-ring (bicyclic) bond motifs is 1. The third-order valence-corrected chi connectivity index (χ3v) is 3.91. The summed E-state index contributed by atoms with van der Waals surface area (Å²) in [5.41, 5.74) is 2.58. The summed E-state index contributed by atoms with van der Waals surface area (Å²) < 4.78 is 5.19. The van der Waals surface area contributed by atoms with E-state index in [1.807, 2.05) is 6.92 Å². The predicted octanol–water partition coefficient (Wildman–Crippen LogP) is 0.306.